The third kappa shape index (κ3) is 2.74. The van der Waals surface area contributed by atoms with Crippen molar-refractivity contribution in [1.29, 1.82) is 0 Å². The molecule has 1 aromatic rings. The van der Waals surface area contributed by atoms with E-state index in [0.29, 0.717) is 25.7 Å². The molecule has 7 heteroatoms. The molecule has 5 rings (SSSR count). The van der Waals surface area contributed by atoms with E-state index >= 15 is 0 Å². The van der Waals surface area contributed by atoms with Crippen molar-refractivity contribution in [2.24, 2.45) is 17.8 Å². The van der Waals surface area contributed by atoms with E-state index < -0.39 is 17.5 Å². The van der Waals surface area contributed by atoms with Crippen molar-refractivity contribution in [1.82, 2.24) is 10.2 Å². The van der Waals surface area contributed by atoms with Crippen molar-refractivity contribution in [3.05, 3.63) is 35.4 Å². The predicted molar refractivity (Wildman–Crippen MR) is 91.8 cm³/mol. The SMILES string of the molecule is O=C(NC[C@H]1[C@H]2CN(C(=O)C3CC3)C[C@]23CC[C@H]1O3)c1ccc(F)cc1F. The topological polar surface area (TPSA) is 58.6 Å². The molecule has 0 radical (unpaired) electrons. The van der Waals surface area contributed by atoms with Crippen LogP contribution in [0.4, 0.5) is 8.78 Å². The summed E-state index contributed by atoms with van der Waals surface area (Å²) in [4.78, 5) is 26.7. The van der Waals surface area contributed by atoms with E-state index in [1.54, 1.807) is 0 Å². The monoisotopic (exact) mass is 376 g/mol. The number of fused-ring (bicyclic) bond motifs is 1. The number of likely N-dealkylation sites (tertiary alicyclic amines) is 1. The third-order valence-corrected chi connectivity index (χ3v) is 6.70. The van der Waals surface area contributed by atoms with Gasteiger partial charge < -0.3 is 15.0 Å². The van der Waals surface area contributed by atoms with E-state index in [0.717, 1.165) is 37.8 Å². The highest BCUT2D eigenvalue weighted by molar-refractivity contribution is 5.94. The molecule has 3 heterocycles. The minimum atomic E-state index is -0.866. The number of carbonyl (C=O) groups excluding carboxylic acids is 2. The molecule has 3 aliphatic heterocycles. The van der Waals surface area contributed by atoms with E-state index in [9.17, 15) is 18.4 Å². The molecular formula is C20H22F2N2O3. The molecule has 0 unspecified atom stereocenters. The number of hydrogen-bond donors (Lipinski definition) is 1. The van der Waals surface area contributed by atoms with Crippen LogP contribution in [0.3, 0.4) is 0 Å². The van der Waals surface area contributed by atoms with Crippen molar-refractivity contribution in [2.75, 3.05) is 19.6 Å². The van der Waals surface area contributed by atoms with Gasteiger partial charge in [0.05, 0.1) is 23.8 Å². The molecule has 4 aliphatic rings. The summed E-state index contributed by atoms with van der Waals surface area (Å²) in [6.45, 7) is 1.70. The van der Waals surface area contributed by atoms with Gasteiger partial charge in [0.25, 0.3) is 5.91 Å². The second-order valence-electron chi connectivity index (χ2n) is 8.36. The van der Waals surface area contributed by atoms with Crippen LogP contribution in [0, 0.1) is 29.4 Å². The second-order valence-corrected chi connectivity index (χ2v) is 8.36. The van der Waals surface area contributed by atoms with Gasteiger partial charge in [-0.3, -0.25) is 9.59 Å². The molecule has 0 aromatic heterocycles. The van der Waals surface area contributed by atoms with E-state index in [2.05, 4.69) is 5.32 Å². The Bertz CT molecular complexity index is 812. The summed E-state index contributed by atoms with van der Waals surface area (Å²) in [5, 5.41) is 2.79. The van der Waals surface area contributed by atoms with Gasteiger partial charge in [0.1, 0.15) is 11.6 Å². The molecule has 2 bridgehead atoms. The lowest BCUT2D eigenvalue weighted by Crippen LogP contribution is -2.42. The lowest BCUT2D eigenvalue weighted by Gasteiger charge is -2.29. The predicted octanol–water partition coefficient (Wildman–Crippen LogP) is 2.11. The molecule has 2 amide bonds. The summed E-state index contributed by atoms with van der Waals surface area (Å²) in [7, 11) is 0. The molecule has 4 fully saturated rings. The number of halogens is 2. The van der Waals surface area contributed by atoms with Crippen molar-refractivity contribution in [3.63, 3.8) is 0 Å². The van der Waals surface area contributed by atoms with Gasteiger partial charge >= 0.3 is 0 Å². The van der Waals surface area contributed by atoms with Crippen LogP contribution in [0.1, 0.15) is 36.0 Å². The zero-order valence-corrected chi connectivity index (χ0v) is 14.9. The number of amides is 2. The lowest BCUT2D eigenvalue weighted by atomic mass is 9.73. The van der Waals surface area contributed by atoms with Crippen LogP contribution in [0.15, 0.2) is 18.2 Å². The molecular weight excluding hydrogens is 354 g/mol. The molecule has 1 spiro atoms. The third-order valence-electron chi connectivity index (χ3n) is 6.70. The summed E-state index contributed by atoms with van der Waals surface area (Å²) >= 11 is 0. The zero-order valence-electron chi connectivity index (χ0n) is 14.9. The quantitative estimate of drug-likeness (QED) is 0.876. The highest BCUT2D eigenvalue weighted by Crippen LogP contribution is 2.55. The molecule has 144 valence electrons. The molecule has 3 saturated heterocycles. The van der Waals surface area contributed by atoms with Crippen LogP contribution in [0.25, 0.3) is 0 Å². The van der Waals surface area contributed by atoms with E-state index in [4.69, 9.17) is 4.74 Å². The summed E-state index contributed by atoms with van der Waals surface area (Å²) < 4.78 is 33.1. The van der Waals surface area contributed by atoms with Gasteiger partial charge in [0, 0.05) is 36.9 Å². The number of hydrogen-bond acceptors (Lipinski definition) is 3. The zero-order chi connectivity index (χ0) is 18.8. The molecule has 4 atom stereocenters. The van der Waals surface area contributed by atoms with Crippen LogP contribution in [0.2, 0.25) is 0 Å². The minimum absolute atomic E-state index is 0.0755. The van der Waals surface area contributed by atoms with Gasteiger partial charge in [0.2, 0.25) is 5.91 Å². The maximum Gasteiger partial charge on any atom is 0.254 e. The van der Waals surface area contributed by atoms with Crippen LogP contribution >= 0.6 is 0 Å². The van der Waals surface area contributed by atoms with Gasteiger partial charge in [-0.2, -0.15) is 0 Å². The molecule has 27 heavy (non-hydrogen) atoms. The maximum absolute atomic E-state index is 13.8. The Morgan fingerprint density at radius 1 is 1.26 bits per heavy atom. The number of benzene rings is 1. The second kappa shape index (κ2) is 5.99. The van der Waals surface area contributed by atoms with Crippen LogP contribution in [0.5, 0.6) is 0 Å². The first kappa shape index (κ1) is 17.1. The average molecular weight is 376 g/mol. The van der Waals surface area contributed by atoms with Gasteiger partial charge in [0.15, 0.2) is 0 Å². The minimum Gasteiger partial charge on any atom is -0.369 e. The largest absolute Gasteiger partial charge is 0.369 e. The summed E-state index contributed by atoms with van der Waals surface area (Å²) in [5.41, 5.74) is -0.432. The Morgan fingerprint density at radius 3 is 2.81 bits per heavy atom. The number of rotatable bonds is 4. The molecule has 1 aromatic carbocycles. The normalized spacial score (nSPS) is 34.0. The van der Waals surface area contributed by atoms with Crippen molar-refractivity contribution < 1.29 is 23.1 Å². The standard InChI is InChI=1S/C20H22F2N2O3/c21-12-3-4-13(16(22)7-12)18(25)23-8-14-15-9-24(19(26)11-1-2-11)10-20(15)6-5-17(14)27-20/h3-4,7,11,14-15,17H,1-2,5-6,8-10H2,(H,23,25)/t14-,15+,17+,20+/m0/s1. The highest BCUT2D eigenvalue weighted by Gasteiger charge is 2.63. The Kier molecular flexibility index (Phi) is 3.79. The number of nitrogens with one attached hydrogen (secondary N) is 1. The Balaban J connectivity index is 1.27. The van der Waals surface area contributed by atoms with Crippen molar-refractivity contribution in [2.45, 2.75) is 37.4 Å². The van der Waals surface area contributed by atoms with E-state index in [1.165, 1.54) is 0 Å². The van der Waals surface area contributed by atoms with Crippen molar-refractivity contribution >= 4 is 11.8 Å². The maximum atomic E-state index is 13.8. The van der Waals surface area contributed by atoms with E-state index in [-0.39, 0.29) is 40.9 Å². The average Bonchev–Trinajstić information content (AvgIpc) is 3.21. The highest BCUT2D eigenvalue weighted by atomic mass is 19.1. The number of nitrogens with zero attached hydrogens (tertiary/aromatic N) is 1. The first-order valence-corrected chi connectivity index (χ1v) is 9.67. The number of ether oxygens (including phenoxy) is 1. The number of carbonyl (C=O) groups is 2. The van der Waals surface area contributed by atoms with Crippen LogP contribution in [-0.4, -0.2) is 48.1 Å². The van der Waals surface area contributed by atoms with Crippen LogP contribution in [-0.2, 0) is 9.53 Å². The summed E-state index contributed by atoms with van der Waals surface area (Å²) in [6.07, 6.45) is 3.92. The Morgan fingerprint density at radius 2 is 2.07 bits per heavy atom. The first-order valence-electron chi connectivity index (χ1n) is 9.67. The van der Waals surface area contributed by atoms with E-state index in [1.807, 2.05) is 4.90 Å². The molecule has 1 N–H and O–H groups in total. The van der Waals surface area contributed by atoms with Gasteiger partial charge in [-0.25, -0.2) is 8.78 Å². The van der Waals surface area contributed by atoms with Gasteiger partial charge in [-0.05, 0) is 37.8 Å². The molecule has 5 nitrogen and oxygen atoms in total. The van der Waals surface area contributed by atoms with Crippen molar-refractivity contribution in [3.8, 4) is 0 Å². The molecule has 1 aliphatic carbocycles. The molecule has 1 saturated carbocycles. The van der Waals surface area contributed by atoms with Gasteiger partial charge in [-0.15, -0.1) is 0 Å². The van der Waals surface area contributed by atoms with Crippen LogP contribution < -0.4 is 5.32 Å². The fraction of sp³-hybridized carbons (Fsp3) is 0.600. The summed E-state index contributed by atoms with van der Waals surface area (Å²) in [5.74, 6) is -1.37. The van der Waals surface area contributed by atoms with Gasteiger partial charge in [-0.1, -0.05) is 0 Å². The Labute approximate surface area is 156 Å². The Hall–Kier alpha value is -2.02. The fourth-order valence-electron chi connectivity index (χ4n) is 5.20. The first-order chi connectivity index (χ1) is 13.0. The smallest absolute Gasteiger partial charge is 0.254 e. The fourth-order valence-corrected chi connectivity index (χ4v) is 5.20. The lowest BCUT2D eigenvalue weighted by molar-refractivity contribution is -0.133. The summed E-state index contributed by atoms with van der Waals surface area (Å²) in [6, 6.07) is 2.94.